The fraction of sp³-hybridized carbons (Fsp3) is 0.556. The highest BCUT2D eigenvalue weighted by Gasteiger charge is 2.38. The molecular formula is C18H23NO4. The lowest BCUT2D eigenvalue weighted by molar-refractivity contribution is -0.136. The number of rotatable bonds is 3. The number of benzene rings is 1. The topological polar surface area (TPSA) is 66.8 Å². The molecule has 5 heteroatoms. The van der Waals surface area contributed by atoms with Gasteiger partial charge in [-0.15, -0.1) is 0 Å². The molecule has 3 rings (SSSR count). The summed E-state index contributed by atoms with van der Waals surface area (Å²) in [6.07, 6.45) is 4.56. The molecule has 0 saturated carbocycles. The van der Waals surface area contributed by atoms with Crippen LogP contribution in [0, 0.1) is 5.41 Å². The van der Waals surface area contributed by atoms with Crippen molar-refractivity contribution in [3.8, 4) is 0 Å². The number of carboxylic acid groups (broad SMARTS) is 1. The molecule has 1 amide bonds. The number of piperidine rings is 1. The van der Waals surface area contributed by atoms with Crippen molar-refractivity contribution >= 4 is 11.9 Å². The minimum atomic E-state index is -0.960. The molecule has 1 N–H and O–H groups in total. The average molecular weight is 317 g/mol. The molecule has 2 aliphatic rings. The SMILES string of the molecule is O=C(O)c1cccc(CC(=O)N2CCCC3(CCOCC3)C2)c1. The highest BCUT2D eigenvalue weighted by molar-refractivity contribution is 5.88. The van der Waals surface area contributed by atoms with E-state index < -0.39 is 5.97 Å². The fourth-order valence-corrected chi connectivity index (χ4v) is 3.73. The summed E-state index contributed by atoms with van der Waals surface area (Å²) < 4.78 is 5.46. The molecule has 1 spiro atoms. The van der Waals surface area contributed by atoms with Crippen LogP contribution in [0.4, 0.5) is 0 Å². The van der Waals surface area contributed by atoms with Crippen molar-refractivity contribution in [2.24, 2.45) is 5.41 Å². The van der Waals surface area contributed by atoms with Gasteiger partial charge in [0.25, 0.3) is 0 Å². The molecule has 0 radical (unpaired) electrons. The van der Waals surface area contributed by atoms with Crippen LogP contribution in [0.3, 0.4) is 0 Å². The number of aromatic carboxylic acids is 1. The molecule has 2 aliphatic heterocycles. The molecule has 1 aromatic carbocycles. The zero-order valence-electron chi connectivity index (χ0n) is 13.3. The van der Waals surface area contributed by atoms with E-state index in [0.717, 1.165) is 51.1 Å². The standard InChI is InChI=1S/C18H23NO4/c20-16(12-14-3-1-4-15(11-14)17(21)22)19-8-2-5-18(13-19)6-9-23-10-7-18/h1,3-4,11H,2,5-10,12-13H2,(H,21,22). The lowest BCUT2D eigenvalue weighted by Crippen LogP contribution is -2.48. The Morgan fingerprint density at radius 2 is 2.00 bits per heavy atom. The van der Waals surface area contributed by atoms with Crippen LogP contribution in [0.25, 0.3) is 0 Å². The first kappa shape index (κ1) is 16.0. The number of amides is 1. The number of hydrogen-bond donors (Lipinski definition) is 1. The van der Waals surface area contributed by atoms with E-state index in [0.29, 0.717) is 0 Å². The van der Waals surface area contributed by atoms with Crippen LogP contribution < -0.4 is 0 Å². The van der Waals surface area contributed by atoms with Gasteiger partial charge in [-0.1, -0.05) is 12.1 Å². The van der Waals surface area contributed by atoms with Crippen LogP contribution in [0.2, 0.25) is 0 Å². The molecule has 5 nitrogen and oxygen atoms in total. The zero-order valence-corrected chi connectivity index (χ0v) is 13.3. The Bertz CT molecular complexity index is 587. The van der Waals surface area contributed by atoms with Gasteiger partial charge >= 0.3 is 5.97 Å². The van der Waals surface area contributed by atoms with Gasteiger partial charge in [-0.05, 0) is 48.8 Å². The molecule has 0 aromatic heterocycles. The highest BCUT2D eigenvalue weighted by Crippen LogP contribution is 2.39. The average Bonchev–Trinajstić information content (AvgIpc) is 2.56. The largest absolute Gasteiger partial charge is 0.478 e. The van der Waals surface area contributed by atoms with E-state index >= 15 is 0 Å². The van der Waals surface area contributed by atoms with Crippen molar-refractivity contribution < 1.29 is 19.4 Å². The van der Waals surface area contributed by atoms with Gasteiger partial charge in [-0.2, -0.15) is 0 Å². The third-order valence-electron chi connectivity index (χ3n) is 5.10. The Kier molecular flexibility index (Phi) is 4.66. The number of hydrogen-bond acceptors (Lipinski definition) is 3. The van der Waals surface area contributed by atoms with Crippen LogP contribution >= 0.6 is 0 Å². The molecule has 23 heavy (non-hydrogen) atoms. The number of likely N-dealkylation sites (tertiary alicyclic amines) is 1. The molecule has 0 aliphatic carbocycles. The minimum absolute atomic E-state index is 0.0955. The predicted octanol–water partition coefficient (Wildman–Crippen LogP) is 2.35. The summed E-state index contributed by atoms with van der Waals surface area (Å²) in [5, 5.41) is 9.05. The molecule has 2 heterocycles. The Morgan fingerprint density at radius 1 is 1.22 bits per heavy atom. The summed E-state index contributed by atoms with van der Waals surface area (Å²) in [6.45, 7) is 3.21. The zero-order chi connectivity index (χ0) is 16.3. The summed E-state index contributed by atoms with van der Waals surface area (Å²) in [6, 6.07) is 6.66. The molecule has 0 bridgehead atoms. The lowest BCUT2D eigenvalue weighted by atomic mass is 9.74. The first-order valence-electron chi connectivity index (χ1n) is 8.26. The molecular weight excluding hydrogens is 294 g/mol. The summed E-state index contributed by atoms with van der Waals surface area (Å²) in [7, 11) is 0. The summed E-state index contributed by atoms with van der Waals surface area (Å²) in [5.74, 6) is -0.864. The van der Waals surface area contributed by atoms with Gasteiger partial charge in [0.1, 0.15) is 0 Å². The second-order valence-electron chi connectivity index (χ2n) is 6.71. The highest BCUT2D eigenvalue weighted by atomic mass is 16.5. The monoisotopic (exact) mass is 317 g/mol. The van der Waals surface area contributed by atoms with Crippen molar-refractivity contribution in [2.45, 2.75) is 32.1 Å². The quantitative estimate of drug-likeness (QED) is 0.929. The molecule has 2 fully saturated rings. The summed E-state index contributed by atoms with van der Waals surface area (Å²) in [4.78, 5) is 25.6. The van der Waals surface area contributed by atoms with Crippen LogP contribution in [-0.2, 0) is 16.0 Å². The van der Waals surface area contributed by atoms with Crippen LogP contribution in [0.1, 0.15) is 41.6 Å². The van der Waals surface area contributed by atoms with Crippen molar-refractivity contribution in [1.29, 1.82) is 0 Å². The third-order valence-corrected chi connectivity index (χ3v) is 5.10. The van der Waals surface area contributed by atoms with E-state index in [1.165, 1.54) is 6.42 Å². The van der Waals surface area contributed by atoms with Crippen molar-refractivity contribution in [3.63, 3.8) is 0 Å². The summed E-state index contributed by atoms with van der Waals surface area (Å²) >= 11 is 0. The normalized spacial score (nSPS) is 20.4. The van der Waals surface area contributed by atoms with E-state index in [-0.39, 0.29) is 23.3 Å². The maximum atomic E-state index is 12.6. The van der Waals surface area contributed by atoms with Crippen molar-refractivity contribution in [3.05, 3.63) is 35.4 Å². The van der Waals surface area contributed by atoms with Crippen molar-refractivity contribution in [1.82, 2.24) is 4.90 Å². The fourth-order valence-electron chi connectivity index (χ4n) is 3.73. The Balaban J connectivity index is 1.65. The van der Waals surface area contributed by atoms with Gasteiger partial charge < -0.3 is 14.7 Å². The van der Waals surface area contributed by atoms with Gasteiger partial charge in [0.2, 0.25) is 5.91 Å². The Labute approximate surface area is 136 Å². The van der Waals surface area contributed by atoms with E-state index in [1.54, 1.807) is 18.2 Å². The summed E-state index contributed by atoms with van der Waals surface area (Å²) in [5.41, 5.74) is 1.23. The Hall–Kier alpha value is -1.88. The van der Waals surface area contributed by atoms with E-state index in [9.17, 15) is 9.59 Å². The maximum absolute atomic E-state index is 12.6. The first-order chi connectivity index (χ1) is 11.1. The molecule has 0 atom stereocenters. The van der Waals surface area contributed by atoms with E-state index in [1.807, 2.05) is 11.0 Å². The molecule has 2 saturated heterocycles. The van der Waals surface area contributed by atoms with Gasteiger partial charge in [0, 0.05) is 26.3 Å². The van der Waals surface area contributed by atoms with Crippen LogP contribution in [0.5, 0.6) is 0 Å². The third kappa shape index (κ3) is 3.72. The van der Waals surface area contributed by atoms with Crippen molar-refractivity contribution in [2.75, 3.05) is 26.3 Å². The van der Waals surface area contributed by atoms with Gasteiger partial charge in [0.15, 0.2) is 0 Å². The molecule has 0 unspecified atom stereocenters. The number of ether oxygens (including phenoxy) is 1. The second-order valence-corrected chi connectivity index (χ2v) is 6.71. The molecule has 1 aromatic rings. The first-order valence-corrected chi connectivity index (χ1v) is 8.26. The smallest absolute Gasteiger partial charge is 0.335 e. The van der Waals surface area contributed by atoms with E-state index in [2.05, 4.69) is 0 Å². The number of carbonyl (C=O) groups is 2. The van der Waals surface area contributed by atoms with Gasteiger partial charge in [0.05, 0.1) is 12.0 Å². The lowest BCUT2D eigenvalue weighted by Gasteiger charge is -2.45. The number of nitrogens with zero attached hydrogens (tertiary/aromatic N) is 1. The Morgan fingerprint density at radius 3 is 2.74 bits per heavy atom. The number of carbonyl (C=O) groups excluding carboxylic acids is 1. The van der Waals surface area contributed by atoms with E-state index in [4.69, 9.17) is 9.84 Å². The number of carboxylic acids is 1. The predicted molar refractivity (Wildman–Crippen MR) is 85.4 cm³/mol. The van der Waals surface area contributed by atoms with Crippen LogP contribution in [-0.4, -0.2) is 48.2 Å². The minimum Gasteiger partial charge on any atom is -0.478 e. The second kappa shape index (κ2) is 6.71. The molecule has 124 valence electrons. The van der Waals surface area contributed by atoms with Gasteiger partial charge in [-0.3, -0.25) is 4.79 Å². The van der Waals surface area contributed by atoms with Crippen LogP contribution in [0.15, 0.2) is 24.3 Å². The van der Waals surface area contributed by atoms with Gasteiger partial charge in [-0.25, -0.2) is 4.79 Å². The maximum Gasteiger partial charge on any atom is 0.335 e.